The second kappa shape index (κ2) is 4.21. The molecule has 1 aromatic carbocycles. The van der Waals surface area contributed by atoms with E-state index in [1.54, 1.807) is 0 Å². The molecule has 1 atom stereocenters. The number of hydrogen-bond donors (Lipinski definition) is 2. The molecule has 15 heavy (non-hydrogen) atoms. The zero-order chi connectivity index (χ0) is 10.8. The lowest BCUT2D eigenvalue weighted by Crippen LogP contribution is -2.19. The van der Waals surface area contributed by atoms with E-state index in [1.807, 2.05) is 6.07 Å². The largest absolute Gasteiger partial charge is 0.394 e. The van der Waals surface area contributed by atoms with E-state index in [1.165, 1.54) is 11.3 Å². The van der Waals surface area contributed by atoms with Crippen LogP contribution in [0.2, 0.25) is 0 Å². The van der Waals surface area contributed by atoms with Crippen LogP contribution in [0.5, 0.6) is 0 Å². The lowest BCUT2D eigenvalue weighted by molar-refractivity contribution is 0.268. The van der Waals surface area contributed by atoms with Crippen LogP contribution in [0.15, 0.2) is 18.2 Å². The van der Waals surface area contributed by atoms with E-state index < -0.39 is 0 Å². The number of likely N-dealkylation sites (N-methyl/N-ethyl adjacent to an activating group) is 1. The van der Waals surface area contributed by atoms with Crippen LogP contribution in [0, 0.1) is 0 Å². The highest BCUT2D eigenvalue weighted by Gasteiger charge is 2.18. The van der Waals surface area contributed by atoms with Gasteiger partial charge in [0.2, 0.25) is 0 Å². The number of hydrogen-bond acceptors (Lipinski definition) is 3. The first-order valence-corrected chi connectivity index (χ1v) is 5.50. The summed E-state index contributed by atoms with van der Waals surface area (Å²) in [5, 5.41) is 9.00. The van der Waals surface area contributed by atoms with Gasteiger partial charge in [-0.25, -0.2) is 0 Å². The lowest BCUT2D eigenvalue weighted by atomic mass is 10.0. The molecule has 0 saturated heterocycles. The fourth-order valence-electron chi connectivity index (χ4n) is 2.15. The van der Waals surface area contributed by atoms with E-state index in [4.69, 9.17) is 10.8 Å². The minimum absolute atomic E-state index is 0.0102. The van der Waals surface area contributed by atoms with Crippen molar-refractivity contribution >= 4 is 5.69 Å². The third kappa shape index (κ3) is 1.85. The number of rotatable bonds is 3. The van der Waals surface area contributed by atoms with Crippen LogP contribution in [0.4, 0.5) is 5.69 Å². The van der Waals surface area contributed by atoms with Gasteiger partial charge in [-0.05, 0) is 30.5 Å². The molecule has 3 N–H and O–H groups in total. The summed E-state index contributed by atoms with van der Waals surface area (Å²) < 4.78 is 0. The van der Waals surface area contributed by atoms with Crippen LogP contribution in [0.3, 0.4) is 0 Å². The average Bonchev–Trinajstić information content (AvgIpc) is 2.69. The monoisotopic (exact) mass is 206 g/mol. The first-order valence-electron chi connectivity index (χ1n) is 5.50. The first-order chi connectivity index (χ1) is 7.26. The third-order valence-corrected chi connectivity index (χ3v) is 3.10. The van der Waals surface area contributed by atoms with Gasteiger partial charge in [-0.1, -0.05) is 12.1 Å². The van der Waals surface area contributed by atoms with Gasteiger partial charge >= 0.3 is 0 Å². The SMILES string of the molecule is CCN1CCc2cc(C(N)CO)ccc21. The standard InChI is InChI=1S/C12H18N2O/c1-2-14-6-5-10-7-9(11(13)8-15)3-4-12(10)14/h3-4,7,11,15H,2,5-6,8,13H2,1H3. The quantitative estimate of drug-likeness (QED) is 0.777. The molecule has 0 radical (unpaired) electrons. The predicted octanol–water partition coefficient (Wildman–Crippen LogP) is 1.06. The van der Waals surface area contributed by atoms with Gasteiger partial charge in [-0.2, -0.15) is 0 Å². The summed E-state index contributed by atoms with van der Waals surface area (Å²) in [5.41, 5.74) is 9.51. The Morgan fingerprint density at radius 2 is 2.33 bits per heavy atom. The van der Waals surface area contributed by atoms with Gasteiger partial charge in [0.05, 0.1) is 12.6 Å². The molecular formula is C12H18N2O. The highest BCUT2D eigenvalue weighted by molar-refractivity contribution is 5.59. The van der Waals surface area contributed by atoms with Gasteiger partial charge in [0.1, 0.15) is 0 Å². The van der Waals surface area contributed by atoms with Crippen LogP contribution < -0.4 is 10.6 Å². The van der Waals surface area contributed by atoms with Crippen molar-refractivity contribution in [1.29, 1.82) is 0 Å². The number of aliphatic hydroxyl groups excluding tert-OH is 1. The van der Waals surface area contributed by atoms with Crippen LogP contribution in [-0.4, -0.2) is 24.8 Å². The van der Waals surface area contributed by atoms with E-state index in [0.717, 1.165) is 25.1 Å². The minimum atomic E-state index is -0.244. The molecule has 0 saturated carbocycles. The Labute approximate surface area is 90.5 Å². The van der Waals surface area contributed by atoms with E-state index in [-0.39, 0.29) is 12.6 Å². The Balaban J connectivity index is 2.29. The summed E-state index contributed by atoms with van der Waals surface area (Å²) in [6, 6.07) is 6.03. The van der Waals surface area contributed by atoms with Crippen molar-refractivity contribution in [1.82, 2.24) is 0 Å². The molecule has 82 valence electrons. The normalized spacial score (nSPS) is 16.6. The van der Waals surface area contributed by atoms with Crippen molar-refractivity contribution in [2.75, 3.05) is 24.6 Å². The maximum Gasteiger partial charge on any atom is 0.0624 e. The Morgan fingerprint density at radius 3 is 3.00 bits per heavy atom. The number of nitrogens with zero attached hydrogens (tertiary/aromatic N) is 1. The van der Waals surface area contributed by atoms with E-state index in [0.29, 0.717) is 0 Å². The van der Waals surface area contributed by atoms with Gasteiger partial charge in [0, 0.05) is 18.8 Å². The van der Waals surface area contributed by atoms with Crippen molar-refractivity contribution in [3.63, 3.8) is 0 Å². The predicted molar refractivity (Wildman–Crippen MR) is 62.0 cm³/mol. The molecular weight excluding hydrogens is 188 g/mol. The Kier molecular flexibility index (Phi) is 2.93. The molecule has 1 aliphatic rings. The van der Waals surface area contributed by atoms with Gasteiger partial charge in [-0.3, -0.25) is 0 Å². The van der Waals surface area contributed by atoms with Crippen molar-refractivity contribution in [3.05, 3.63) is 29.3 Å². The van der Waals surface area contributed by atoms with Crippen LogP contribution in [0.1, 0.15) is 24.1 Å². The summed E-state index contributed by atoms with van der Waals surface area (Å²) in [5.74, 6) is 0. The maximum absolute atomic E-state index is 9.00. The molecule has 0 amide bonds. The number of anilines is 1. The van der Waals surface area contributed by atoms with Gasteiger partial charge in [0.25, 0.3) is 0 Å². The molecule has 0 spiro atoms. The first kappa shape index (κ1) is 10.5. The molecule has 0 fully saturated rings. The average molecular weight is 206 g/mol. The lowest BCUT2D eigenvalue weighted by Gasteiger charge is -2.17. The summed E-state index contributed by atoms with van der Waals surface area (Å²) in [6.07, 6.45) is 1.09. The molecule has 0 aromatic heterocycles. The third-order valence-electron chi connectivity index (χ3n) is 3.10. The van der Waals surface area contributed by atoms with Crippen LogP contribution in [0.25, 0.3) is 0 Å². The number of aliphatic hydroxyl groups is 1. The smallest absolute Gasteiger partial charge is 0.0624 e. The van der Waals surface area contributed by atoms with Crippen LogP contribution >= 0.6 is 0 Å². The Bertz CT molecular complexity index is 351. The van der Waals surface area contributed by atoms with E-state index in [2.05, 4.69) is 24.0 Å². The number of fused-ring (bicyclic) bond motifs is 1. The topological polar surface area (TPSA) is 49.5 Å². The van der Waals surface area contributed by atoms with Gasteiger partial charge in [0.15, 0.2) is 0 Å². The van der Waals surface area contributed by atoms with E-state index >= 15 is 0 Å². The minimum Gasteiger partial charge on any atom is -0.394 e. The molecule has 1 aromatic rings. The molecule has 1 aliphatic heterocycles. The highest BCUT2D eigenvalue weighted by atomic mass is 16.3. The second-order valence-corrected chi connectivity index (χ2v) is 4.01. The Hall–Kier alpha value is -1.06. The van der Waals surface area contributed by atoms with Gasteiger partial charge in [-0.15, -0.1) is 0 Å². The molecule has 3 nitrogen and oxygen atoms in total. The highest BCUT2D eigenvalue weighted by Crippen LogP contribution is 2.29. The van der Waals surface area contributed by atoms with Crippen molar-refractivity contribution < 1.29 is 5.11 Å². The molecule has 1 heterocycles. The molecule has 3 heteroatoms. The molecule has 1 unspecified atom stereocenters. The molecule has 2 rings (SSSR count). The fourth-order valence-corrected chi connectivity index (χ4v) is 2.15. The van der Waals surface area contributed by atoms with Crippen molar-refractivity contribution in [2.45, 2.75) is 19.4 Å². The number of benzene rings is 1. The Morgan fingerprint density at radius 1 is 1.53 bits per heavy atom. The zero-order valence-corrected chi connectivity index (χ0v) is 9.11. The molecule has 0 aliphatic carbocycles. The molecule has 0 bridgehead atoms. The van der Waals surface area contributed by atoms with Gasteiger partial charge < -0.3 is 15.7 Å². The van der Waals surface area contributed by atoms with Crippen molar-refractivity contribution in [2.24, 2.45) is 5.73 Å². The summed E-state index contributed by atoms with van der Waals surface area (Å²) >= 11 is 0. The maximum atomic E-state index is 9.00. The summed E-state index contributed by atoms with van der Waals surface area (Å²) in [7, 11) is 0. The fraction of sp³-hybridized carbons (Fsp3) is 0.500. The zero-order valence-electron chi connectivity index (χ0n) is 9.11. The summed E-state index contributed by atoms with van der Waals surface area (Å²) in [4.78, 5) is 2.36. The summed E-state index contributed by atoms with van der Waals surface area (Å²) in [6.45, 7) is 4.33. The number of nitrogens with two attached hydrogens (primary N) is 1. The second-order valence-electron chi connectivity index (χ2n) is 4.01. The van der Waals surface area contributed by atoms with Crippen LogP contribution in [-0.2, 0) is 6.42 Å². The van der Waals surface area contributed by atoms with E-state index in [9.17, 15) is 0 Å². The van der Waals surface area contributed by atoms with Crippen molar-refractivity contribution in [3.8, 4) is 0 Å².